The van der Waals surface area contributed by atoms with Gasteiger partial charge < -0.3 is 20.5 Å². The Hall–Kier alpha value is -1.66. The minimum atomic E-state index is -0.378. The minimum absolute atomic E-state index is 0.0638. The zero-order valence-corrected chi connectivity index (χ0v) is 11.2. The van der Waals surface area contributed by atoms with E-state index in [9.17, 15) is 9.90 Å². The highest BCUT2D eigenvalue weighted by atomic mass is 32.1. The molecule has 0 radical (unpaired) electrons. The maximum atomic E-state index is 12.2. The molecule has 1 amide bonds. The van der Waals surface area contributed by atoms with Crippen LogP contribution >= 0.6 is 12.2 Å². The number of para-hydroxylation sites is 1. The summed E-state index contributed by atoms with van der Waals surface area (Å²) in [5.41, 5.74) is 6.15. The van der Waals surface area contributed by atoms with E-state index in [1.165, 1.54) is 0 Å². The maximum Gasteiger partial charge on any atom is 0.227 e. The van der Waals surface area contributed by atoms with E-state index < -0.39 is 0 Å². The summed E-state index contributed by atoms with van der Waals surface area (Å²) in [5, 5.41) is 9.66. The van der Waals surface area contributed by atoms with Gasteiger partial charge in [-0.1, -0.05) is 30.4 Å². The molecule has 2 rings (SSSR count). The minimum Gasteiger partial charge on any atom is -0.508 e. The molecular formula is C13H16N2O3S. The van der Waals surface area contributed by atoms with Crippen molar-refractivity contribution in [1.29, 1.82) is 0 Å². The van der Waals surface area contributed by atoms with E-state index in [4.69, 9.17) is 22.7 Å². The molecule has 1 aliphatic rings. The Balaban J connectivity index is 2.00. The third-order valence-corrected chi connectivity index (χ3v) is 3.33. The van der Waals surface area contributed by atoms with Crippen molar-refractivity contribution in [3.63, 3.8) is 0 Å². The number of hydrogen-bond donors (Lipinski definition) is 2. The van der Waals surface area contributed by atoms with Crippen LogP contribution in [0.5, 0.6) is 5.75 Å². The molecule has 0 saturated carbocycles. The van der Waals surface area contributed by atoms with Gasteiger partial charge in [-0.05, 0) is 6.07 Å². The van der Waals surface area contributed by atoms with Crippen LogP contribution in [0.2, 0.25) is 0 Å². The fourth-order valence-corrected chi connectivity index (χ4v) is 2.13. The summed E-state index contributed by atoms with van der Waals surface area (Å²) < 4.78 is 5.38. The molecule has 1 aromatic rings. The number of carbonyl (C=O) groups excluding carboxylic acids is 1. The molecule has 0 aromatic heterocycles. The molecule has 1 atom stereocenters. The summed E-state index contributed by atoms with van der Waals surface area (Å²) in [6.45, 7) is 1.32. The molecule has 1 saturated heterocycles. The van der Waals surface area contributed by atoms with Crippen LogP contribution in [0.25, 0.3) is 0 Å². The topological polar surface area (TPSA) is 75.8 Å². The number of amides is 1. The Morgan fingerprint density at radius 1 is 1.53 bits per heavy atom. The summed E-state index contributed by atoms with van der Waals surface area (Å²) in [6.07, 6.45) is -0.214. The predicted molar refractivity (Wildman–Crippen MR) is 74.9 cm³/mol. The first kappa shape index (κ1) is 13.8. The number of rotatable bonds is 3. The van der Waals surface area contributed by atoms with E-state index >= 15 is 0 Å². The van der Waals surface area contributed by atoms with Crippen molar-refractivity contribution >= 4 is 23.1 Å². The van der Waals surface area contributed by atoms with Crippen molar-refractivity contribution < 1.29 is 14.6 Å². The number of nitrogens with two attached hydrogens (primary N) is 1. The van der Waals surface area contributed by atoms with Crippen molar-refractivity contribution in [3.05, 3.63) is 29.8 Å². The summed E-state index contributed by atoms with van der Waals surface area (Å²) in [4.78, 5) is 14.1. The van der Waals surface area contributed by atoms with Crippen LogP contribution in [0.15, 0.2) is 24.3 Å². The number of nitrogens with zero attached hydrogens (tertiary/aromatic N) is 1. The smallest absolute Gasteiger partial charge is 0.227 e. The van der Waals surface area contributed by atoms with Crippen molar-refractivity contribution in [2.24, 2.45) is 5.73 Å². The van der Waals surface area contributed by atoms with Crippen LogP contribution in [0.4, 0.5) is 0 Å². The van der Waals surface area contributed by atoms with Crippen LogP contribution in [-0.4, -0.2) is 46.7 Å². The van der Waals surface area contributed by atoms with Crippen molar-refractivity contribution in [2.45, 2.75) is 12.5 Å². The molecule has 0 bridgehead atoms. The number of carbonyl (C=O) groups is 1. The van der Waals surface area contributed by atoms with Gasteiger partial charge in [0.15, 0.2) is 0 Å². The van der Waals surface area contributed by atoms with Crippen LogP contribution in [0.3, 0.4) is 0 Å². The summed E-state index contributed by atoms with van der Waals surface area (Å²) in [6, 6.07) is 6.82. The number of phenols is 1. The van der Waals surface area contributed by atoms with E-state index in [0.717, 1.165) is 0 Å². The molecule has 1 fully saturated rings. The van der Waals surface area contributed by atoms with Crippen LogP contribution < -0.4 is 5.73 Å². The van der Waals surface area contributed by atoms with Gasteiger partial charge in [-0.25, -0.2) is 0 Å². The van der Waals surface area contributed by atoms with Gasteiger partial charge in [0.25, 0.3) is 0 Å². The third kappa shape index (κ3) is 3.42. The standard InChI is InChI=1S/C13H16N2O3S/c14-13(19)11-8-15(5-6-18-11)12(17)7-9-3-1-2-4-10(9)16/h1-4,11,16H,5-8H2,(H2,14,19). The fraction of sp³-hybridized carbons (Fsp3) is 0.385. The number of thiocarbonyl (C=S) groups is 1. The van der Waals surface area contributed by atoms with E-state index in [-0.39, 0.29) is 29.2 Å². The molecule has 1 aromatic carbocycles. The van der Waals surface area contributed by atoms with Gasteiger partial charge in [-0.3, -0.25) is 4.79 Å². The van der Waals surface area contributed by atoms with Crippen molar-refractivity contribution in [3.8, 4) is 5.75 Å². The summed E-state index contributed by atoms with van der Waals surface area (Å²) in [7, 11) is 0. The lowest BCUT2D eigenvalue weighted by molar-refractivity contribution is -0.135. The first-order valence-electron chi connectivity index (χ1n) is 6.03. The Kier molecular flexibility index (Phi) is 4.34. The van der Waals surface area contributed by atoms with E-state index in [2.05, 4.69) is 0 Å². The van der Waals surface area contributed by atoms with Gasteiger partial charge in [0.2, 0.25) is 5.91 Å². The molecule has 0 spiro atoms. The molecule has 1 aliphatic heterocycles. The van der Waals surface area contributed by atoms with Gasteiger partial charge >= 0.3 is 0 Å². The Morgan fingerprint density at radius 3 is 2.95 bits per heavy atom. The van der Waals surface area contributed by atoms with Gasteiger partial charge in [0.05, 0.1) is 19.6 Å². The number of phenolic OH excluding ortho intramolecular Hbond substituents is 1. The zero-order valence-electron chi connectivity index (χ0n) is 10.4. The number of morpholine rings is 1. The quantitative estimate of drug-likeness (QED) is 0.786. The third-order valence-electron chi connectivity index (χ3n) is 3.07. The molecule has 102 valence electrons. The number of aromatic hydroxyl groups is 1. The average Bonchev–Trinajstić information content (AvgIpc) is 2.41. The zero-order chi connectivity index (χ0) is 13.8. The highest BCUT2D eigenvalue weighted by Gasteiger charge is 2.26. The lowest BCUT2D eigenvalue weighted by Gasteiger charge is -2.32. The van der Waals surface area contributed by atoms with Gasteiger partial charge in [0.1, 0.15) is 16.8 Å². The summed E-state index contributed by atoms with van der Waals surface area (Å²) in [5.74, 6) is 0.0704. The Labute approximate surface area is 117 Å². The highest BCUT2D eigenvalue weighted by Crippen LogP contribution is 2.17. The first-order valence-corrected chi connectivity index (χ1v) is 6.44. The van der Waals surface area contributed by atoms with Crippen LogP contribution in [0.1, 0.15) is 5.56 Å². The normalized spacial score (nSPS) is 19.2. The number of benzene rings is 1. The van der Waals surface area contributed by atoms with E-state index in [1.54, 1.807) is 29.2 Å². The lowest BCUT2D eigenvalue weighted by Crippen LogP contribution is -2.50. The van der Waals surface area contributed by atoms with Crippen LogP contribution in [0, 0.1) is 0 Å². The Morgan fingerprint density at radius 2 is 2.26 bits per heavy atom. The molecule has 19 heavy (non-hydrogen) atoms. The maximum absolute atomic E-state index is 12.2. The second kappa shape index (κ2) is 5.99. The second-order valence-corrected chi connectivity index (χ2v) is 4.88. The van der Waals surface area contributed by atoms with Gasteiger partial charge in [-0.2, -0.15) is 0 Å². The lowest BCUT2D eigenvalue weighted by atomic mass is 10.1. The average molecular weight is 280 g/mol. The van der Waals surface area contributed by atoms with Crippen molar-refractivity contribution in [1.82, 2.24) is 4.90 Å². The van der Waals surface area contributed by atoms with Gasteiger partial charge in [0, 0.05) is 12.1 Å². The summed E-state index contributed by atoms with van der Waals surface area (Å²) >= 11 is 4.88. The molecule has 1 unspecified atom stereocenters. The predicted octanol–water partition coefficient (Wildman–Crippen LogP) is 0.448. The SMILES string of the molecule is NC(=S)C1CN(C(=O)Cc2ccccc2O)CCO1. The monoisotopic (exact) mass is 280 g/mol. The fourth-order valence-electron chi connectivity index (χ4n) is 1.98. The number of ether oxygens (including phenoxy) is 1. The van der Waals surface area contributed by atoms with Gasteiger partial charge in [-0.15, -0.1) is 0 Å². The van der Waals surface area contributed by atoms with Crippen LogP contribution in [-0.2, 0) is 16.0 Å². The van der Waals surface area contributed by atoms with E-state index in [1.807, 2.05) is 0 Å². The largest absolute Gasteiger partial charge is 0.508 e. The molecule has 5 nitrogen and oxygen atoms in total. The van der Waals surface area contributed by atoms with E-state index in [0.29, 0.717) is 25.3 Å². The molecule has 0 aliphatic carbocycles. The Bertz CT molecular complexity index is 493. The van der Waals surface area contributed by atoms with Crippen molar-refractivity contribution in [2.75, 3.05) is 19.7 Å². The first-order chi connectivity index (χ1) is 9.08. The molecule has 6 heteroatoms. The number of hydrogen-bond acceptors (Lipinski definition) is 4. The molecule has 3 N–H and O–H groups in total. The second-order valence-electron chi connectivity index (χ2n) is 4.41. The highest BCUT2D eigenvalue weighted by molar-refractivity contribution is 7.80. The molecule has 1 heterocycles. The molecular weight excluding hydrogens is 264 g/mol.